The molecular weight excluding hydrogens is 354 g/mol. The summed E-state index contributed by atoms with van der Waals surface area (Å²) in [6.45, 7) is 5.01. The summed E-state index contributed by atoms with van der Waals surface area (Å²) >= 11 is 0. The van der Waals surface area contributed by atoms with Gasteiger partial charge in [0.15, 0.2) is 6.54 Å². The van der Waals surface area contributed by atoms with E-state index in [-0.39, 0.29) is 17.9 Å². The SMILES string of the molecule is COc1ccc([C@H](NC(=O)C[NH+]2CCN(C(C)=O)CC2)c2ccccc2)cc1. The van der Waals surface area contributed by atoms with E-state index in [0.717, 1.165) is 30.0 Å². The molecule has 0 aromatic heterocycles. The first-order valence-corrected chi connectivity index (χ1v) is 9.64. The Labute approximate surface area is 166 Å². The average Bonchev–Trinajstić information content (AvgIpc) is 2.73. The van der Waals surface area contributed by atoms with Gasteiger partial charge in [-0.3, -0.25) is 9.59 Å². The van der Waals surface area contributed by atoms with Crippen molar-refractivity contribution in [2.24, 2.45) is 0 Å². The first kappa shape index (κ1) is 19.9. The Hall–Kier alpha value is -2.86. The number of nitrogens with zero attached hydrogens (tertiary/aromatic N) is 1. The zero-order valence-electron chi connectivity index (χ0n) is 16.5. The van der Waals surface area contributed by atoms with Crippen LogP contribution in [0.3, 0.4) is 0 Å². The maximum atomic E-state index is 12.8. The topological polar surface area (TPSA) is 63.1 Å². The molecule has 1 fully saturated rings. The number of piperazine rings is 1. The van der Waals surface area contributed by atoms with Crippen LogP contribution in [0.2, 0.25) is 0 Å². The molecule has 1 atom stereocenters. The molecule has 0 aliphatic carbocycles. The Morgan fingerprint density at radius 1 is 1.04 bits per heavy atom. The van der Waals surface area contributed by atoms with Crippen molar-refractivity contribution in [3.63, 3.8) is 0 Å². The number of nitrogens with one attached hydrogen (secondary N) is 2. The summed E-state index contributed by atoms with van der Waals surface area (Å²) in [5.74, 6) is 0.901. The van der Waals surface area contributed by atoms with Gasteiger partial charge in [0.2, 0.25) is 5.91 Å². The third-order valence-corrected chi connectivity index (χ3v) is 5.21. The van der Waals surface area contributed by atoms with Gasteiger partial charge in [-0.05, 0) is 23.3 Å². The first-order valence-electron chi connectivity index (χ1n) is 9.64. The predicted octanol–water partition coefficient (Wildman–Crippen LogP) is 0.648. The second-order valence-electron chi connectivity index (χ2n) is 7.12. The quantitative estimate of drug-likeness (QED) is 0.771. The summed E-state index contributed by atoms with van der Waals surface area (Å²) in [7, 11) is 1.64. The molecule has 3 rings (SSSR count). The number of carbonyl (C=O) groups excluding carboxylic acids is 2. The van der Waals surface area contributed by atoms with Crippen molar-refractivity contribution in [1.29, 1.82) is 0 Å². The molecule has 0 bridgehead atoms. The molecule has 2 amide bonds. The van der Waals surface area contributed by atoms with Gasteiger partial charge in [-0.25, -0.2) is 0 Å². The zero-order chi connectivity index (χ0) is 19.9. The molecule has 2 N–H and O–H groups in total. The molecule has 1 aliphatic heterocycles. The molecule has 1 saturated heterocycles. The third kappa shape index (κ3) is 5.10. The predicted molar refractivity (Wildman–Crippen MR) is 107 cm³/mol. The van der Waals surface area contributed by atoms with Crippen LogP contribution in [0.15, 0.2) is 54.6 Å². The van der Waals surface area contributed by atoms with Gasteiger partial charge in [-0.2, -0.15) is 0 Å². The number of hydrogen-bond donors (Lipinski definition) is 2. The van der Waals surface area contributed by atoms with Crippen molar-refractivity contribution in [2.75, 3.05) is 39.8 Å². The Kier molecular flexibility index (Phi) is 6.66. The smallest absolute Gasteiger partial charge is 0.275 e. The van der Waals surface area contributed by atoms with Crippen molar-refractivity contribution in [2.45, 2.75) is 13.0 Å². The van der Waals surface area contributed by atoms with Gasteiger partial charge >= 0.3 is 0 Å². The van der Waals surface area contributed by atoms with Crippen molar-refractivity contribution in [3.05, 3.63) is 65.7 Å². The fourth-order valence-electron chi connectivity index (χ4n) is 3.55. The highest BCUT2D eigenvalue weighted by Crippen LogP contribution is 2.24. The number of benzene rings is 2. The van der Waals surface area contributed by atoms with Crippen molar-refractivity contribution >= 4 is 11.8 Å². The number of ether oxygens (including phenoxy) is 1. The maximum absolute atomic E-state index is 12.8. The Morgan fingerprint density at radius 3 is 2.21 bits per heavy atom. The second kappa shape index (κ2) is 9.37. The van der Waals surface area contributed by atoms with Crippen molar-refractivity contribution < 1.29 is 19.2 Å². The second-order valence-corrected chi connectivity index (χ2v) is 7.12. The lowest BCUT2D eigenvalue weighted by molar-refractivity contribution is -0.896. The van der Waals surface area contributed by atoms with E-state index in [1.807, 2.05) is 59.5 Å². The van der Waals surface area contributed by atoms with E-state index in [9.17, 15) is 9.59 Å². The number of hydrogen-bond acceptors (Lipinski definition) is 3. The number of carbonyl (C=O) groups is 2. The maximum Gasteiger partial charge on any atom is 0.275 e. The lowest BCUT2D eigenvalue weighted by Crippen LogP contribution is -3.15. The van der Waals surface area contributed by atoms with Crippen LogP contribution < -0.4 is 15.0 Å². The largest absolute Gasteiger partial charge is 0.497 e. The molecule has 1 heterocycles. The van der Waals surface area contributed by atoms with Gasteiger partial charge in [0.05, 0.1) is 39.3 Å². The van der Waals surface area contributed by atoms with Crippen LogP contribution in [-0.4, -0.2) is 56.5 Å². The Morgan fingerprint density at radius 2 is 1.64 bits per heavy atom. The molecule has 2 aromatic carbocycles. The van der Waals surface area contributed by atoms with Crippen LogP contribution in [0.5, 0.6) is 5.75 Å². The minimum Gasteiger partial charge on any atom is -0.497 e. The van der Waals surface area contributed by atoms with Crippen molar-refractivity contribution in [3.8, 4) is 5.75 Å². The van der Waals surface area contributed by atoms with Crippen LogP contribution >= 0.6 is 0 Å². The van der Waals surface area contributed by atoms with Crippen LogP contribution in [0, 0.1) is 0 Å². The van der Waals surface area contributed by atoms with Gasteiger partial charge in [0, 0.05) is 6.92 Å². The van der Waals surface area contributed by atoms with Gasteiger partial charge in [-0.15, -0.1) is 0 Å². The van der Waals surface area contributed by atoms with Crippen LogP contribution in [0.4, 0.5) is 0 Å². The summed E-state index contributed by atoms with van der Waals surface area (Å²) in [5.41, 5.74) is 2.05. The Bertz CT molecular complexity index is 784. The van der Waals surface area contributed by atoms with E-state index in [4.69, 9.17) is 4.74 Å². The summed E-state index contributed by atoms with van der Waals surface area (Å²) in [4.78, 5) is 27.3. The lowest BCUT2D eigenvalue weighted by Gasteiger charge is -2.31. The highest BCUT2D eigenvalue weighted by Gasteiger charge is 2.25. The fraction of sp³-hybridized carbons (Fsp3) is 0.364. The molecule has 0 radical (unpaired) electrons. The zero-order valence-corrected chi connectivity index (χ0v) is 16.5. The Balaban J connectivity index is 1.67. The van der Waals surface area contributed by atoms with Crippen LogP contribution in [-0.2, 0) is 9.59 Å². The molecule has 2 aromatic rings. The van der Waals surface area contributed by atoms with E-state index in [2.05, 4.69) is 5.32 Å². The number of amides is 2. The molecular formula is C22H28N3O3+. The first-order chi connectivity index (χ1) is 13.6. The number of quaternary nitrogens is 1. The van der Waals surface area contributed by atoms with Gasteiger partial charge in [0.1, 0.15) is 5.75 Å². The molecule has 0 saturated carbocycles. The normalized spacial score (nSPS) is 15.7. The molecule has 28 heavy (non-hydrogen) atoms. The standard InChI is InChI=1S/C22H27N3O3/c1-17(26)25-14-12-24(13-15-25)16-21(27)23-22(18-6-4-3-5-7-18)19-8-10-20(28-2)11-9-19/h3-11,22H,12-16H2,1-2H3,(H,23,27)/p+1/t22-/m1/s1. The number of rotatable bonds is 6. The average molecular weight is 382 g/mol. The number of methoxy groups -OCH3 is 1. The molecule has 148 valence electrons. The van der Waals surface area contributed by atoms with E-state index in [1.54, 1.807) is 14.0 Å². The summed E-state index contributed by atoms with van der Waals surface area (Å²) in [6.07, 6.45) is 0. The highest BCUT2D eigenvalue weighted by molar-refractivity contribution is 5.78. The third-order valence-electron chi connectivity index (χ3n) is 5.21. The van der Waals surface area contributed by atoms with Gasteiger partial charge in [0.25, 0.3) is 5.91 Å². The fourth-order valence-corrected chi connectivity index (χ4v) is 3.55. The molecule has 1 aliphatic rings. The summed E-state index contributed by atoms with van der Waals surface area (Å²) in [5, 5.41) is 3.19. The van der Waals surface area contributed by atoms with Crippen LogP contribution in [0.1, 0.15) is 24.1 Å². The molecule has 0 unspecified atom stereocenters. The highest BCUT2D eigenvalue weighted by atomic mass is 16.5. The molecule has 0 spiro atoms. The minimum absolute atomic E-state index is 0.0101. The summed E-state index contributed by atoms with van der Waals surface area (Å²) < 4.78 is 5.24. The monoisotopic (exact) mass is 382 g/mol. The molecule has 6 heteroatoms. The summed E-state index contributed by atoms with van der Waals surface area (Å²) in [6, 6.07) is 17.5. The molecule has 6 nitrogen and oxygen atoms in total. The minimum atomic E-state index is -0.211. The van der Waals surface area contributed by atoms with E-state index in [1.165, 1.54) is 4.90 Å². The van der Waals surface area contributed by atoms with Gasteiger partial charge < -0.3 is 19.9 Å². The lowest BCUT2D eigenvalue weighted by atomic mass is 9.98. The van der Waals surface area contributed by atoms with E-state index in [0.29, 0.717) is 19.6 Å². The van der Waals surface area contributed by atoms with Gasteiger partial charge in [-0.1, -0.05) is 42.5 Å². The van der Waals surface area contributed by atoms with E-state index >= 15 is 0 Å². The van der Waals surface area contributed by atoms with Crippen molar-refractivity contribution in [1.82, 2.24) is 10.2 Å². The van der Waals surface area contributed by atoms with E-state index < -0.39 is 0 Å². The van der Waals surface area contributed by atoms with Crippen LogP contribution in [0.25, 0.3) is 0 Å².